The minimum Gasteiger partial charge on any atom is -0.313 e. The SMILES string of the molecule is CC(C)CC1CN(C)C(C)CCN1. The van der Waals surface area contributed by atoms with E-state index < -0.39 is 0 Å². The molecule has 2 atom stereocenters. The van der Waals surface area contributed by atoms with Crippen molar-refractivity contribution >= 4 is 0 Å². The highest BCUT2D eigenvalue weighted by atomic mass is 15.2. The van der Waals surface area contributed by atoms with Crippen LogP contribution in [0.2, 0.25) is 0 Å². The molecule has 1 aliphatic heterocycles. The molecule has 2 heteroatoms. The van der Waals surface area contributed by atoms with Gasteiger partial charge in [0.15, 0.2) is 0 Å². The zero-order chi connectivity index (χ0) is 9.84. The Labute approximate surface area is 82.7 Å². The molecule has 0 aliphatic carbocycles. The Hall–Kier alpha value is -0.0800. The number of nitrogens with one attached hydrogen (secondary N) is 1. The van der Waals surface area contributed by atoms with Gasteiger partial charge in [0.05, 0.1) is 0 Å². The molecule has 0 bridgehead atoms. The predicted molar refractivity (Wildman–Crippen MR) is 58.0 cm³/mol. The molecule has 0 saturated carbocycles. The average Bonchev–Trinajstić information content (AvgIpc) is 2.14. The van der Waals surface area contributed by atoms with Gasteiger partial charge in [-0.1, -0.05) is 13.8 Å². The molecule has 2 unspecified atom stereocenters. The summed E-state index contributed by atoms with van der Waals surface area (Å²) in [6.07, 6.45) is 2.59. The van der Waals surface area contributed by atoms with Gasteiger partial charge in [0.1, 0.15) is 0 Å². The second kappa shape index (κ2) is 4.97. The van der Waals surface area contributed by atoms with E-state index in [0.717, 1.165) is 12.0 Å². The number of likely N-dealkylation sites (N-methyl/N-ethyl adjacent to an activating group) is 1. The molecule has 0 aromatic rings. The Balaban J connectivity index is 2.39. The van der Waals surface area contributed by atoms with E-state index in [1.165, 1.54) is 25.9 Å². The van der Waals surface area contributed by atoms with Gasteiger partial charge < -0.3 is 10.2 Å². The third-order valence-electron chi connectivity index (χ3n) is 3.01. The van der Waals surface area contributed by atoms with Crippen molar-refractivity contribution in [1.29, 1.82) is 0 Å². The molecule has 0 spiro atoms. The van der Waals surface area contributed by atoms with Gasteiger partial charge >= 0.3 is 0 Å². The number of rotatable bonds is 2. The van der Waals surface area contributed by atoms with Crippen molar-refractivity contribution in [2.75, 3.05) is 20.1 Å². The maximum atomic E-state index is 3.63. The fourth-order valence-corrected chi connectivity index (χ4v) is 2.04. The molecule has 1 saturated heterocycles. The van der Waals surface area contributed by atoms with E-state index >= 15 is 0 Å². The normalized spacial score (nSPS) is 32.1. The van der Waals surface area contributed by atoms with Crippen molar-refractivity contribution in [3.63, 3.8) is 0 Å². The fourth-order valence-electron chi connectivity index (χ4n) is 2.04. The topological polar surface area (TPSA) is 15.3 Å². The van der Waals surface area contributed by atoms with E-state index in [1.807, 2.05) is 0 Å². The predicted octanol–water partition coefficient (Wildman–Crippen LogP) is 1.71. The van der Waals surface area contributed by atoms with Gasteiger partial charge in [-0.25, -0.2) is 0 Å². The number of hydrogen-bond acceptors (Lipinski definition) is 2. The van der Waals surface area contributed by atoms with Crippen LogP contribution in [-0.4, -0.2) is 37.1 Å². The fraction of sp³-hybridized carbons (Fsp3) is 1.00. The van der Waals surface area contributed by atoms with E-state index in [9.17, 15) is 0 Å². The average molecular weight is 184 g/mol. The van der Waals surface area contributed by atoms with Crippen LogP contribution in [0.25, 0.3) is 0 Å². The Morgan fingerprint density at radius 2 is 2.15 bits per heavy atom. The molecule has 13 heavy (non-hydrogen) atoms. The lowest BCUT2D eigenvalue weighted by Crippen LogP contribution is -2.38. The second-order valence-electron chi connectivity index (χ2n) is 4.86. The molecule has 0 aromatic heterocycles. The molecule has 1 N–H and O–H groups in total. The lowest BCUT2D eigenvalue weighted by molar-refractivity contribution is 0.243. The van der Waals surface area contributed by atoms with Crippen molar-refractivity contribution in [3.05, 3.63) is 0 Å². The minimum absolute atomic E-state index is 0.704. The van der Waals surface area contributed by atoms with E-state index in [-0.39, 0.29) is 0 Å². The van der Waals surface area contributed by atoms with Crippen LogP contribution in [-0.2, 0) is 0 Å². The summed E-state index contributed by atoms with van der Waals surface area (Å²) in [6.45, 7) is 9.31. The van der Waals surface area contributed by atoms with Crippen LogP contribution in [0.1, 0.15) is 33.6 Å². The second-order valence-corrected chi connectivity index (χ2v) is 4.86. The van der Waals surface area contributed by atoms with E-state index in [2.05, 4.69) is 38.0 Å². The van der Waals surface area contributed by atoms with Crippen molar-refractivity contribution in [3.8, 4) is 0 Å². The first-order valence-corrected chi connectivity index (χ1v) is 5.53. The molecule has 0 amide bonds. The summed E-state index contributed by atoms with van der Waals surface area (Å²) in [6, 6.07) is 1.44. The maximum Gasteiger partial charge on any atom is 0.0197 e. The maximum absolute atomic E-state index is 3.63. The first-order chi connectivity index (χ1) is 6.09. The Bertz CT molecular complexity index is 145. The summed E-state index contributed by atoms with van der Waals surface area (Å²) in [5.41, 5.74) is 0. The number of hydrogen-bond donors (Lipinski definition) is 1. The van der Waals surface area contributed by atoms with Crippen molar-refractivity contribution in [2.45, 2.75) is 45.7 Å². The molecule has 1 rings (SSSR count). The standard InChI is InChI=1S/C11H24N2/c1-9(2)7-11-8-13(4)10(3)5-6-12-11/h9-12H,5-8H2,1-4H3. The van der Waals surface area contributed by atoms with Crippen LogP contribution >= 0.6 is 0 Å². The summed E-state index contributed by atoms with van der Waals surface area (Å²) < 4.78 is 0. The Morgan fingerprint density at radius 3 is 2.77 bits per heavy atom. The Kier molecular flexibility index (Phi) is 4.20. The van der Waals surface area contributed by atoms with Gasteiger partial charge in [0.2, 0.25) is 0 Å². The monoisotopic (exact) mass is 184 g/mol. The van der Waals surface area contributed by atoms with Gasteiger partial charge in [-0.2, -0.15) is 0 Å². The number of nitrogens with zero attached hydrogens (tertiary/aromatic N) is 1. The van der Waals surface area contributed by atoms with Crippen molar-refractivity contribution in [1.82, 2.24) is 10.2 Å². The summed E-state index contributed by atoms with van der Waals surface area (Å²) in [5.74, 6) is 0.805. The van der Waals surface area contributed by atoms with Crippen molar-refractivity contribution in [2.24, 2.45) is 5.92 Å². The van der Waals surface area contributed by atoms with Gasteiger partial charge in [0.25, 0.3) is 0 Å². The third-order valence-corrected chi connectivity index (χ3v) is 3.01. The first kappa shape index (κ1) is 11.0. The molecule has 1 heterocycles. The van der Waals surface area contributed by atoms with Crippen LogP contribution in [0.5, 0.6) is 0 Å². The molecule has 1 aliphatic rings. The molecule has 2 nitrogen and oxygen atoms in total. The summed E-state index contributed by atoms with van der Waals surface area (Å²) >= 11 is 0. The van der Waals surface area contributed by atoms with Crippen LogP contribution < -0.4 is 5.32 Å². The minimum atomic E-state index is 0.704. The third kappa shape index (κ3) is 3.65. The highest BCUT2D eigenvalue weighted by Crippen LogP contribution is 2.11. The van der Waals surface area contributed by atoms with Crippen LogP contribution in [0.15, 0.2) is 0 Å². The highest BCUT2D eigenvalue weighted by molar-refractivity contribution is 4.79. The van der Waals surface area contributed by atoms with Gasteiger partial charge in [-0.15, -0.1) is 0 Å². The molecule has 1 fully saturated rings. The summed E-state index contributed by atoms with van der Waals surface area (Å²) in [4.78, 5) is 2.48. The first-order valence-electron chi connectivity index (χ1n) is 5.53. The smallest absolute Gasteiger partial charge is 0.0197 e. The van der Waals surface area contributed by atoms with Gasteiger partial charge in [0, 0.05) is 18.6 Å². The Morgan fingerprint density at radius 1 is 1.46 bits per heavy atom. The highest BCUT2D eigenvalue weighted by Gasteiger charge is 2.19. The van der Waals surface area contributed by atoms with Gasteiger partial charge in [-0.3, -0.25) is 0 Å². The van der Waals surface area contributed by atoms with E-state index in [1.54, 1.807) is 0 Å². The lowest BCUT2D eigenvalue weighted by atomic mass is 10.0. The zero-order valence-electron chi connectivity index (χ0n) is 9.51. The summed E-state index contributed by atoms with van der Waals surface area (Å²) in [7, 11) is 2.24. The molecular weight excluding hydrogens is 160 g/mol. The molecule has 0 radical (unpaired) electrons. The molecular formula is C11H24N2. The van der Waals surface area contributed by atoms with E-state index in [4.69, 9.17) is 0 Å². The summed E-state index contributed by atoms with van der Waals surface area (Å²) in [5, 5.41) is 3.63. The van der Waals surface area contributed by atoms with E-state index in [0.29, 0.717) is 6.04 Å². The quantitative estimate of drug-likeness (QED) is 0.703. The van der Waals surface area contributed by atoms with Crippen LogP contribution in [0.4, 0.5) is 0 Å². The van der Waals surface area contributed by atoms with Crippen LogP contribution in [0.3, 0.4) is 0 Å². The lowest BCUT2D eigenvalue weighted by Gasteiger charge is -2.25. The van der Waals surface area contributed by atoms with Crippen LogP contribution in [0, 0.1) is 5.92 Å². The van der Waals surface area contributed by atoms with Crippen molar-refractivity contribution < 1.29 is 0 Å². The zero-order valence-corrected chi connectivity index (χ0v) is 9.51. The molecule has 0 aromatic carbocycles. The largest absolute Gasteiger partial charge is 0.313 e. The van der Waals surface area contributed by atoms with Gasteiger partial charge in [-0.05, 0) is 39.3 Å². The molecule has 78 valence electrons.